The first-order chi connectivity index (χ1) is 16.0. The highest BCUT2D eigenvalue weighted by molar-refractivity contribution is 7.89. The first kappa shape index (κ1) is 23.2. The molecule has 0 bridgehead atoms. The van der Waals surface area contributed by atoms with Crippen LogP contribution >= 0.6 is 11.3 Å². The van der Waals surface area contributed by atoms with Crippen LogP contribution < -0.4 is 4.80 Å². The number of thiazole rings is 1. The largest absolute Gasteiger partial charge is 0.312 e. The van der Waals surface area contributed by atoms with Crippen LogP contribution in [0.4, 0.5) is 5.69 Å². The lowest BCUT2D eigenvalue weighted by Crippen LogP contribution is -2.30. The fourth-order valence-electron chi connectivity index (χ4n) is 3.71. The molecule has 0 unspecified atom stereocenters. The number of sulfonamides is 1. The zero-order chi connectivity index (χ0) is 23.3. The summed E-state index contributed by atoms with van der Waals surface area (Å²) in [6.07, 6.45) is 0. The van der Waals surface area contributed by atoms with Gasteiger partial charge in [0.05, 0.1) is 22.8 Å². The second-order valence-electron chi connectivity index (χ2n) is 7.54. The molecule has 0 atom stereocenters. The molecule has 0 fully saturated rings. The Kier molecular flexibility index (Phi) is 7.23. The van der Waals surface area contributed by atoms with E-state index in [4.69, 9.17) is 4.99 Å². The summed E-state index contributed by atoms with van der Waals surface area (Å²) in [6, 6.07) is 27.3. The van der Waals surface area contributed by atoms with E-state index < -0.39 is 10.0 Å². The lowest BCUT2D eigenvalue weighted by molar-refractivity contribution is 0.445. The molecule has 0 aliphatic rings. The topological polar surface area (TPSA) is 54.7 Å². The van der Waals surface area contributed by atoms with Gasteiger partial charge in [-0.05, 0) is 29.8 Å². The molecule has 1 aromatic heterocycles. The maximum absolute atomic E-state index is 13.1. The molecule has 0 aliphatic heterocycles. The molecule has 3 aromatic carbocycles. The molecule has 5 nitrogen and oxygen atoms in total. The Labute approximate surface area is 199 Å². The van der Waals surface area contributed by atoms with Gasteiger partial charge in [0.15, 0.2) is 4.80 Å². The average molecular weight is 478 g/mol. The van der Waals surface area contributed by atoms with Crippen molar-refractivity contribution in [1.82, 2.24) is 8.87 Å². The maximum Gasteiger partial charge on any atom is 0.243 e. The maximum atomic E-state index is 13.1. The van der Waals surface area contributed by atoms with E-state index >= 15 is 0 Å². The SMILES string of the molecule is CCN(CC)S(=O)(=O)c1cccc(-c2csc(=Nc3ccccc3)n2Cc2ccccc2)c1. The molecular formula is C26H27N3O2S2. The third-order valence-electron chi connectivity index (χ3n) is 5.44. The monoisotopic (exact) mass is 477 g/mol. The number of hydrogen-bond donors (Lipinski definition) is 0. The molecule has 1 heterocycles. The van der Waals surface area contributed by atoms with Crippen molar-refractivity contribution in [2.24, 2.45) is 4.99 Å². The van der Waals surface area contributed by atoms with Gasteiger partial charge in [0, 0.05) is 24.0 Å². The second kappa shape index (κ2) is 10.3. The van der Waals surface area contributed by atoms with E-state index in [0.717, 1.165) is 27.3 Å². The highest BCUT2D eigenvalue weighted by atomic mass is 32.2. The van der Waals surface area contributed by atoms with Crippen LogP contribution in [-0.2, 0) is 16.6 Å². The highest BCUT2D eigenvalue weighted by Gasteiger charge is 2.22. The fraction of sp³-hybridized carbons (Fsp3) is 0.192. The summed E-state index contributed by atoms with van der Waals surface area (Å²) in [6.45, 7) is 5.23. The summed E-state index contributed by atoms with van der Waals surface area (Å²) in [7, 11) is -3.54. The van der Waals surface area contributed by atoms with Gasteiger partial charge < -0.3 is 4.57 Å². The number of nitrogens with zero attached hydrogens (tertiary/aromatic N) is 3. The van der Waals surface area contributed by atoms with Crippen molar-refractivity contribution in [3.8, 4) is 11.3 Å². The molecule has 0 saturated carbocycles. The van der Waals surface area contributed by atoms with Crippen LogP contribution in [0.2, 0.25) is 0 Å². The quantitative estimate of drug-likeness (QED) is 0.335. The summed E-state index contributed by atoms with van der Waals surface area (Å²) in [4.78, 5) is 6.03. The van der Waals surface area contributed by atoms with Gasteiger partial charge in [-0.2, -0.15) is 4.31 Å². The van der Waals surface area contributed by atoms with Crippen LogP contribution in [0.25, 0.3) is 11.3 Å². The van der Waals surface area contributed by atoms with Crippen LogP contribution in [0.3, 0.4) is 0 Å². The highest BCUT2D eigenvalue weighted by Crippen LogP contribution is 2.26. The van der Waals surface area contributed by atoms with Crippen molar-refractivity contribution < 1.29 is 8.42 Å². The van der Waals surface area contributed by atoms with Gasteiger partial charge in [-0.1, -0.05) is 74.5 Å². The van der Waals surface area contributed by atoms with Crippen molar-refractivity contribution in [3.63, 3.8) is 0 Å². The predicted octanol–water partition coefficient (Wildman–Crippen LogP) is 5.53. The molecule has 0 radical (unpaired) electrons. The van der Waals surface area contributed by atoms with Crippen LogP contribution in [0.5, 0.6) is 0 Å². The summed E-state index contributed by atoms with van der Waals surface area (Å²) in [5.74, 6) is 0. The lowest BCUT2D eigenvalue weighted by atomic mass is 10.1. The van der Waals surface area contributed by atoms with E-state index in [1.165, 1.54) is 4.31 Å². The van der Waals surface area contributed by atoms with Crippen molar-refractivity contribution in [2.75, 3.05) is 13.1 Å². The van der Waals surface area contributed by atoms with Gasteiger partial charge in [-0.3, -0.25) is 0 Å². The Morgan fingerprint density at radius 1 is 0.879 bits per heavy atom. The minimum Gasteiger partial charge on any atom is -0.312 e. The Balaban J connectivity index is 1.84. The number of para-hydroxylation sites is 1. The van der Waals surface area contributed by atoms with Crippen molar-refractivity contribution >= 4 is 27.0 Å². The molecule has 0 N–H and O–H groups in total. The van der Waals surface area contributed by atoms with Gasteiger partial charge in [-0.15, -0.1) is 11.3 Å². The normalized spacial score (nSPS) is 12.4. The zero-order valence-electron chi connectivity index (χ0n) is 18.8. The third kappa shape index (κ3) is 5.16. The van der Waals surface area contributed by atoms with Gasteiger partial charge in [0.25, 0.3) is 0 Å². The molecule has 33 heavy (non-hydrogen) atoms. The standard InChI is InChI=1S/C26H27N3O2S2/c1-3-28(4-2)33(30,31)24-17-11-14-22(18-24)25-20-32-26(27-23-15-9-6-10-16-23)29(25)19-21-12-7-5-8-13-21/h5-18,20H,3-4,19H2,1-2H3. The zero-order valence-corrected chi connectivity index (χ0v) is 20.4. The van der Waals surface area contributed by atoms with E-state index in [2.05, 4.69) is 16.7 Å². The van der Waals surface area contributed by atoms with Crippen molar-refractivity contribution in [2.45, 2.75) is 25.3 Å². The smallest absolute Gasteiger partial charge is 0.243 e. The Morgan fingerprint density at radius 3 is 2.21 bits per heavy atom. The number of rotatable bonds is 8. The first-order valence-electron chi connectivity index (χ1n) is 11.0. The number of hydrogen-bond acceptors (Lipinski definition) is 4. The average Bonchev–Trinajstić information content (AvgIpc) is 3.23. The first-order valence-corrected chi connectivity index (χ1v) is 13.3. The Morgan fingerprint density at radius 2 is 1.55 bits per heavy atom. The lowest BCUT2D eigenvalue weighted by Gasteiger charge is -2.19. The summed E-state index contributed by atoms with van der Waals surface area (Å²) in [5.41, 5.74) is 3.82. The van der Waals surface area contributed by atoms with Gasteiger partial charge in [-0.25, -0.2) is 13.4 Å². The van der Waals surface area contributed by atoms with Gasteiger partial charge in [0.1, 0.15) is 0 Å². The summed E-state index contributed by atoms with van der Waals surface area (Å²) < 4.78 is 29.8. The molecule has 0 aliphatic carbocycles. The molecule has 4 rings (SSSR count). The molecule has 4 aromatic rings. The minimum atomic E-state index is -3.54. The van der Waals surface area contributed by atoms with Crippen LogP contribution in [0, 0.1) is 0 Å². The molecule has 170 valence electrons. The Hall–Kier alpha value is -3.00. The Bertz CT molecular complexity index is 1370. The molecule has 7 heteroatoms. The molecular weight excluding hydrogens is 450 g/mol. The minimum absolute atomic E-state index is 0.308. The van der Waals surface area contributed by atoms with Crippen molar-refractivity contribution in [3.05, 3.63) is 101 Å². The van der Waals surface area contributed by atoms with E-state index in [9.17, 15) is 8.42 Å². The molecule has 0 amide bonds. The summed E-state index contributed by atoms with van der Waals surface area (Å²) in [5, 5.41) is 2.05. The number of benzene rings is 3. The van der Waals surface area contributed by atoms with E-state index in [1.807, 2.05) is 79.9 Å². The van der Waals surface area contributed by atoms with Crippen LogP contribution in [-0.4, -0.2) is 30.4 Å². The predicted molar refractivity (Wildman–Crippen MR) is 135 cm³/mol. The van der Waals surface area contributed by atoms with Gasteiger partial charge >= 0.3 is 0 Å². The van der Waals surface area contributed by atoms with E-state index in [0.29, 0.717) is 24.5 Å². The third-order valence-corrected chi connectivity index (χ3v) is 8.34. The fourth-order valence-corrected chi connectivity index (χ4v) is 6.14. The summed E-state index contributed by atoms with van der Waals surface area (Å²) >= 11 is 1.55. The van der Waals surface area contributed by atoms with Crippen LogP contribution in [0.15, 0.2) is 100 Å². The number of aromatic nitrogens is 1. The van der Waals surface area contributed by atoms with Crippen molar-refractivity contribution in [1.29, 1.82) is 0 Å². The van der Waals surface area contributed by atoms with E-state index in [1.54, 1.807) is 23.5 Å². The van der Waals surface area contributed by atoms with Gasteiger partial charge in [0.2, 0.25) is 10.0 Å². The van der Waals surface area contributed by atoms with E-state index in [-0.39, 0.29) is 0 Å². The molecule has 0 spiro atoms. The second-order valence-corrected chi connectivity index (χ2v) is 10.3. The molecule has 0 saturated heterocycles. The van der Waals surface area contributed by atoms with Crippen LogP contribution in [0.1, 0.15) is 19.4 Å².